The van der Waals surface area contributed by atoms with Crippen molar-refractivity contribution in [1.82, 2.24) is 4.98 Å². The third-order valence-electron chi connectivity index (χ3n) is 3.88. The van der Waals surface area contributed by atoms with Gasteiger partial charge in [0.05, 0.1) is 18.4 Å². The number of methoxy groups -OCH3 is 1. The molecule has 0 saturated carbocycles. The highest BCUT2D eigenvalue weighted by molar-refractivity contribution is 9.10. The van der Waals surface area contributed by atoms with Crippen LogP contribution < -0.4 is 10.1 Å². The minimum Gasteiger partial charge on any atom is -0.497 e. The van der Waals surface area contributed by atoms with Gasteiger partial charge < -0.3 is 4.74 Å². The molecule has 1 aromatic heterocycles. The Hall–Kier alpha value is -2.18. The zero-order valence-corrected chi connectivity index (χ0v) is 17.0. The minimum absolute atomic E-state index is 0.171. The summed E-state index contributed by atoms with van der Waals surface area (Å²) in [6, 6.07) is 15.2. The van der Waals surface area contributed by atoms with Gasteiger partial charge in [0.2, 0.25) is 0 Å². The van der Waals surface area contributed by atoms with Gasteiger partial charge in [-0.15, -0.1) is 11.3 Å². The van der Waals surface area contributed by atoms with E-state index in [9.17, 15) is 4.79 Å². The summed E-state index contributed by atoms with van der Waals surface area (Å²) >= 11 is 4.94. The van der Waals surface area contributed by atoms with Crippen LogP contribution in [0.1, 0.15) is 28.6 Å². The molecule has 2 aromatic carbocycles. The van der Waals surface area contributed by atoms with Crippen LogP contribution in [-0.4, -0.2) is 18.0 Å². The average molecular weight is 431 g/mol. The molecule has 3 rings (SSSR count). The number of rotatable bonds is 6. The lowest BCUT2D eigenvalue weighted by molar-refractivity contribution is 0.102. The van der Waals surface area contributed by atoms with Gasteiger partial charge >= 0.3 is 0 Å². The fourth-order valence-electron chi connectivity index (χ4n) is 2.59. The number of nitrogens with one attached hydrogen (secondary N) is 1. The quantitative estimate of drug-likeness (QED) is 0.538. The summed E-state index contributed by atoms with van der Waals surface area (Å²) in [5, 5.41) is 3.54. The van der Waals surface area contributed by atoms with Gasteiger partial charge in [0, 0.05) is 14.9 Å². The first-order valence-electron chi connectivity index (χ1n) is 8.32. The number of aryl methyl sites for hydroxylation is 1. The van der Waals surface area contributed by atoms with Crippen molar-refractivity contribution < 1.29 is 9.53 Å². The largest absolute Gasteiger partial charge is 0.497 e. The molecule has 1 N–H and O–H groups in total. The third-order valence-corrected chi connectivity index (χ3v) is 5.60. The molecule has 6 heteroatoms. The van der Waals surface area contributed by atoms with E-state index in [1.54, 1.807) is 13.2 Å². The summed E-state index contributed by atoms with van der Waals surface area (Å²) in [7, 11) is 1.65. The summed E-state index contributed by atoms with van der Waals surface area (Å²) in [5.41, 5.74) is 2.53. The predicted octanol–water partition coefficient (Wildman–Crippen LogP) is 5.79. The SMILES string of the molecule is CCCc1sc(NC(=O)c2ccccc2Br)nc1-c1ccc(OC)cc1. The van der Waals surface area contributed by atoms with Crippen LogP contribution >= 0.6 is 27.3 Å². The van der Waals surface area contributed by atoms with E-state index in [0.29, 0.717) is 10.7 Å². The molecule has 0 fully saturated rings. The number of halogens is 1. The lowest BCUT2D eigenvalue weighted by Crippen LogP contribution is -2.12. The fraction of sp³-hybridized carbons (Fsp3) is 0.200. The summed E-state index contributed by atoms with van der Waals surface area (Å²) in [6.07, 6.45) is 1.94. The van der Waals surface area contributed by atoms with Crippen LogP contribution in [0.15, 0.2) is 53.0 Å². The first kappa shape index (κ1) is 18.6. The minimum atomic E-state index is -0.171. The van der Waals surface area contributed by atoms with Crippen molar-refractivity contribution in [1.29, 1.82) is 0 Å². The average Bonchev–Trinajstić information content (AvgIpc) is 3.04. The first-order valence-corrected chi connectivity index (χ1v) is 9.93. The molecule has 0 radical (unpaired) electrons. The Morgan fingerprint density at radius 3 is 2.58 bits per heavy atom. The highest BCUT2D eigenvalue weighted by Gasteiger charge is 2.16. The van der Waals surface area contributed by atoms with Gasteiger partial charge in [0.25, 0.3) is 5.91 Å². The van der Waals surface area contributed by atoms with Crippen LogP contribution in [0.25, 0.3) is 11.3 Å². The zero-order chi connectivity index (χ0) is 18.5. The van der Waals surface area contributed by atoms with Gasteiger partial charge in [-0.05, 0) is 58.7 Å². The van der Waals surface area contributed by atoms with Gasteiger partial charge in [-0.2, -0.15) is 0 Å². The van der Waals surface area contributed by atoms with Crippen LogP contribution in [0.3, 0.4) is 0 Å². The maximum atomic E-state index is 12.5. The number of hydrogen-bond donors (Lipinski definition) is 1. The molecule has 0 aliphatic rings. The Kier molecular flexibility index (Phi) is 6.06. The van der Waals surface area contributed by atoms with Crippen LogP contribution in [0, 0.1) is 0 Å². The number of nitrogens with zero attached hydrogens (tertiary/aromatic N) is 1. The fourth-order valence-corrected chi connectivity index (χ4v) is 4.13. The molecule has 3 aromatic rings. The summed E-state index contributed by atoms with van der Waals surface area (Å²) in [6.45, 7) is 2.14. The lowest BCUT2D eigenvalue weighted by atomic mass is 10.1. The molecule has 1 amide bonds. The summed E-state index contributed by atoms with van der Waals surface area (Å²) in [4.78, 5) is 18.4. The standard InChI is InChI=1S/C20H19BrN2O2S/c1-3-6-17-18(13-9-11-14(25-2)12-10-13)22-20(26-17)23-19(24)15-7-4-5-8-16(15)21/h4-5,7-12H,3,6H2,1-2H3,(H,22,23,24). The molecule has 4 nitrogen and oxygen atoms in total. The Morgan fingerprint density at radius 2 is 1.92 bits per heavy atom. The monoisotopic (exact) mass is 430 g/mol. The van der Waals surface area contributed by atoms with E-state index in [-0.39, 0.29) is 5.91 Å². The van der Waals surface area contributed by atoms with Crippen molar-refractivity contribution in [3.05, 3.63) is 63.4 Å². The molecular weight excluding hydrogens is 412 g/mol. The Bertz CT molecular complexity index is 906. The normalized spacial score (nSPS) is 10.6. The molecule has 0 spiro atoms. The topological polar surface area (TPSA) is 51.2 Å². The number of ether oxygens (including phenoxy) is 1. The Balaban J connectivity index is 1.89. The zero-order valence-electron chi connectivity index (χ0n) is 14.6. The van der Waals surface area contributed by atoms with Crippen molar-refractivity contribution >= 4 is 38.3 Å². The molecular formula is C20H19BrN2O2S. The molecule has 1 heterocycles. The number of amides is 1. The molecule has 0 unspecified atom stereocenters. The van der Waals surface area contributed by atoms with E-state index in [2.05, 4.69) is 33.2 Å². The Morgan fingerprint density at radius 1 is 1.19 bits per heavy atom. The molecule has 0 atom stereocenters. The van der Waals surface area contributed by atoms with E-state index in [1.807, 2.05) is 42.5 Å². The molecule has 0 aliphatic heterocycles. The highest BCUT2D eigenvalue weighted by Crippen LogP contribution is 2.33. The van der Waals surface area contributed by atoms with Crippen LogP contribution in [0.5, 0.6) is 5.75 Å². The summed E-state index contributed by atoms with van der Waals surface area (Å²) in [5.74, 6) is 0.638. The number of thiazole rings is 1. The van der Waals surface area contributed by atoms with Crippen LogP contribution in [0.2, 0.25) is 0 Å². The first-order chi connectivity index (χ1) is 12.6. The third kappa shape index (κ3) is 4.14. The maximum Gasteiger partial charge on any atom is 0.258 e. The number of carbonyl (C=O) groups is 1. The van der Waals surface area contributed by atoms with Crippen molar-refractivity contribution in [3.63, 3.8) is 0 Å². The van der Waals surface area contributed by atoms with Crippen molar-refractivity contribution in [3.8, 4) is 17.0 Å². The second kappa shape index (κ2) is 8.47. The van der Waals surface area contributed by atoms with E-state index in [1.165, 1.54) is 16.2 Å². The van der Waals surface area contributed by atoms with Crippen LogP contribution in [0.4, 0.5) is 5.13 Å². The summed E-state index contributed by atoms with van der Waals surface area (Å²) < 4.78 is 5.98. The molecule has 0 saturated heterocycles. The number of benzene rings is 2. The lowest BCUT2D eigenvalue weighted by Gasteiger charge is -2.04. The van der Waals surface area contributed by atoms with Gasteiger partial charge in [-0.3, -0.25) is 10.1 Å². The van der Waals surface area contributed by atoms with Crippen molar-refractivity contribution in [2.45, 2.75) is 19.8 Å². The van der Waals surface area contributed by atoms with Gasteiger partial charge in [-0.1, -0.05) is 25.5 Å². The Labute approximate surface area is 165 Å². The van der Waals surface area contributed by atoms with Gasteiger partial charge in [-0.25, -0.2) is 4.98 Å². The molecule has 0 aliphatic carbocycles. The molecule has 0 bridgehead atoms. The van der Waals surface area contributed by atoms with E-state index in [4.69, 9.17) is 4.74 Å². The molecule has 26 heavy (non-hydrogen) atoms. The number of aromatic nitrogens is 1. The van der Waals surface area contributed by atoms with E-state index >= 15 is 0 Å². The van der Waals surface area contributed by atoms with Gasteiger partial charge in [0.1, 0.15) is 5.75 Å². The second-order valence-electron chi connectivity index (χ2n) is 5.70. The van der Waals surface area contributed by atoms with E-state index in [0.717, 1.165) is 34.3 Å². The smallest absolute Gasteiger partial charge is 0.258 e. The second-order valence-corrected chi connectivity index (χ2v) is 7.64. The number of anilines is 1. The van der Waals surface area contributed by atoms with Crippen LogP contribution in [-0.2, 0) is 6.42 Å². The number of hydrogen-bond acceptors (Lipinski definition) is 4. The maximum absolute atomic E-state index is 12.5. The highest BCUT2D eigenvalue weighted by atomic mass is 79.9. The molecule has 134 valence electrons. The number of carbonyl (C=O) groups excluding carboxylic acids is 1. The van der Waals surface area contributed by atoms with E-state index < -0.39 is 0 Å². The van der Waals surface area contributed by atoms with Gasteiger partial charge in [0.15, 0.2) is 5.13 Å². The van der Waals surface area contributed by atoms with Crippen molar-refractivity contribution in [2.75, 3.05) is 12.4 Å². The van der Waals surface area contributed by atoms with Crippen molar-refractivity contribution in [2.24, 2.45) is 0 Å². The predicted molar refractivity (Wildman–Crippen MR) is 110 cm³/mol.